The molecule has 0 unspecified atom stereocenters. The molecule has 2 aliphatic heterocycles. The third kappa shape index (κ3) is 1.28. The van der Waals surface area contributed by atoms with Crippen molar-refractivity contribution in [2.75, 3.05) is 13.1 Å². The third-order valence-electron chi connectivity index (χ3n) is 7.15. The van der Waals surface area contributed by atoms with Crippen LogP contribution in [0.15, 0.2) is 0 Å². The van der Waals surface area contributed by atoms with E-state index in [2.05, 4.69) is 18.7 Å². The molecule has 0 aromatic rings. The number of aliphatic hydroxyl groups is 1. The lowest BCUT2D eigenvalue weighted by molar-refractivity contribution is -0.278. The molecule has 1 spiro atoms. The molecule has 0 amide bonds. The molecule has 2 saturated heterocycles. The van der Waals surface area contributed by atoms with Gasteiger partial charge in [-0.1, -0.05) is 13.8 Å². The molecule has 2 bridgehead atoms. The van der Waals surface area contributed by atoms with Crippen molar-refractivity contribution in [3.63, 3.8) is 0 Å². The summed E-state index contributed by atoms with van der Waals surface area (Å²) < 4.78 is 0. The van der Waals surface area contributed by atoms with E-state index in [9.17, 15) is 9.90 Å². The van der Waals surface area contributed by atoms with Crippen molar-refractivity contribution in [3.05, 3.63) is 0 Å². The Hall–Kier alpha value is -0.410. The summed E-state index contributed by atoms with van der Waals surface area (Å²) in [5.74, 6) is 1.16. The number of carbonyl (C=O) groups is 1. The highest BCUT2D eigenvalue weighted by Crippen LogP contribution is 2.66. The second-order valence-electron chi connectivity index (χ2n) is 8.29. The summed E-state index contributed by atoms with van der Waals surface area (Å²) in [5, 5.41) is 11.8. The standard InChI is InChI=1S/C17H27NO2/c1-12-9-15(2)11-14(19)13-5-3-7-18-8-4-6-17(15,20)16(13,18)10-12/h12-13,20H,3-11H2,1-2H3/t12-,13-,15+,16+,17+/m1/s1. The van der Waals surface area contributed by atoms with Gasteiger partial charge in [0.2, 0.25) is 0 Å². The number of rotatable bonds is 0. The minimum Gasteiger partial charge on any atom is -0.387 e. The molecule has 3 nitrogen and oxygen atoms in total. The Bertz CT molecular complexity index is 462. The highest BCUT2D eigenvalue weighted by atomic mass is 16.3. The minimum absolute atomic E-state index is 0.0948. The van der Waals surface area contributed by atoms with E-state index < -0.39 is 5.60 Å². The fourth-order valence-corrected chi connectivity index (χ4v) is 6.71. The zero-order chi connectivity index (χ0) is 14.2. The Labute approximate surface area is 121 Å². The van der Waals surface area contributed by atoms with Crippen LogP contribution in [0.3, 0.4) is 0 Å². The topological polar surface area (TPSA) is 40.5 Å². The van der Waals surface area contributed by atoms with Crippen LogP contribution >= 0.6 is 0 Å². The van der Waals surface area contributed by atoms with Gasteiger partial charge in [-0.05, 0) is 57.5 Å². The highest BCUT2D eigenvalue weighted by molar-refractivity contribution is 5.85. The van der Waals surface area contributed by atoms with Gasteiger partial charge in [-0.25, -0.2) is 0 Å². The highest BCUT2D eigenvalue weighted by Gasteiger charge is 2.73. The lowest BCUT2D eigenvalue weighted by Crippen LogP contribution is -2.82. The SMILES string of the molecule is C[C@@H]1C[C@@]2(C)CC(=O)[C@H]3CCCN4CCC[C@@]2(O)[C@]34C1. The molecule has 5 atom stereocenters. The molecule has 2 saturated carbocycles. The van der Waals surface area contributed by atoms with Gasteiger partial charge in [0.15, 0.2) is 0 Å². The predicted octanol–water partition coefficient (Wildman–Crippen LogP) is 2.37. The molecule has 0 aromatic heterocycles. The van der Waals surface area contributed by atoms with Gasteiger partial charge in [-0.2, -0.15) is 0 Å². The van der Waals surface area contributed by atoms with E-state index in [1.165, 1.54) is 0 Å². The Morgan fingerprint density at radius 2 is 2.00 bits per heavy atom. The molecule has 3 heteroatoms. The number of carbonyl (C=O) groups excluding carboxylic acids is 1. The van der Waals surface area contributed by atoms with Gasteiger partial charge in [-0.15, -0.1) is 0 Å². The quantitative estimate of drug-likeness (QED) is 0.739. The third-order valence-corrected chi connectivity index (χ3v) is 7.15. The summed E-state index contributed by atoms with van der Waals surface area (Å²) in [6, 6.07) is 0. The summed E-state index contributed by atoms with van der Waals surface area (Å²) >= 11 is 0. The maximum Gasteiger partial charge on any atom is 0.138 e. The molecule has 4 rings (SSSR count). The van der Waals surface area contributed by atoms with Crippen LogP contribution in [0.25, 0.3) is 0 Å². The Kier molecular flexibility index (Phi) is 2.56. The average Bonchev–Trinajstić information content (AvgIpc) is 2.36. The van der Waals surface area contributed by atoms with Crippen molar-refractivity contribution in [2.24, 2.45) is 17.3 Å². The molecule has 20 heavy (non-hydrogen) atoms. The number of hydrogen-bond acceptors (Lipinski definition) is 3. The van der Waals surface area contributed by atoms with Gasteiger partial charge in [0, 0.05) is 17.8 Å². The normalized spacial score (nSPS) is 55.5. The Morgan fingerprint density at radius 1 is 1.25 bits per heavy atom. The van der Waals surface area contributed by atoms with Gasteiger partial charge in [0.05, 0.1) is 11.1 Å². The lowest BCUT2D eigenvalue weighted by Gasteiger charge is -2.72. The summed E-state index contributed by atoms with van der Waals surface area (Å²) in [6.45, 7) is 6.67. The number of nitrogens with zero attached hydrogens (tertiary/aromatic N) is 1. The van der Waals surface area contributed by atoms with Crippen molar-refractivity contribution < 1.29 is 9.90 Å². The van der Waals surface area contributed by atoms with Crippen LogP contribution in [-0.4, -0.2) is 40.0 Å². The largest absolute Gasteiger partial charge is 0.387 e. The molecule has 2 aliphatic carbocycles. The lowest BCUT2D eigenvalue weighted by atomic mass is 9.41. The zero-order valence-corrected chi connectivity index (χ0v) is 12.8. The Balaban J connectivity index is 1.94. The predicted molar refractivity (Wildman–Crippen MR) is 77.3 cm³/mol. The van der Waals surface area contributed by atoms with E-state index >= 15 is 0 Å². The molecule has 4 fully saturated rings. The summed E-state index contributed by atoms with van der Waals surface area (Å²) in [4.78, 5) is 15.3. The van der Waals surface area contributed by atoms with E-state index in [4.69, 9.17) is 0 Å². The van der Waals surface area contributed by atoms with Gasteiger partial charge in [-0.3, -0.25) is 9.69 Å². The van der Waals surface area contributed by atoms with Crippen molar-refractivity contribution >= 4 is 5.78 Å². The first-order valence-corrected chi connectivity index (χ1v) is 8.43. The summed E-state index contributed by atoms with van der Waals surface area (Å²) in [7, 11) is 0. The molecule has 0 radical (unpaired) electrons. The van der Waals surface area contributed by atoms with Crippen molar-refractivity contribution in [2.45, 2.75) is 69.9 Å². The van der Waals surface area contributed by atoms with E-state index in [-0.39, 0.29) is 16.9 Å². The van der Waals surface area contributed by atoms with Gasteiger partial charge < -0.3 is 5.11 Å². The second-order valence-corrected chi connectivity index (χ2v) is 8.29. The molecule has 1 N–H and O–H groups in total. The summed E-state index contributed by atoms with van der Waals surface area (Å²) in [5.41, 5.74) is -1.07. The Morgan fingerprint density at radius 3 is 2.80 bits per heavy atom. The average molecular weight is 277 g/mol. The van der Waals surface area contributed by atoms with Crippen LogP contribution in [0, 0.1) is 17.3 Å². The van der Waals surface area contributed by atoms with Gasteiger partial charge in [0.25, 0.3) is 0 Å². The smallest absolute Gasteiger partial charge is 0.138 e. The second kappa shape index (κ2) is 3.86. The maximum absolute atomic E-state index is 12.8. The first-order valence-electron chi connectivity index (χ1n) is 8.43. The molecule has 4 aliphatic rings. The van der Waals surface area contributed by atoms with Crippen LogP contribution in [-0.2, 0) is 4.79 Å². The van der Waals surface area contributed by atoms with Gasteiger partial charge in [0.1, 0.15) is 5.78 Å². The molecular weight excluding hydrogens is 250 g/mol. The van der Waals surface area contributed by atoms with Crippen LogP contribution in [0.2, 0.25) is 0 Å². The van der Waals surface area contributed by atoms with E-state index in [0.717, 1.165) is 51.6 Å². The monoisotopic (exact) mass is 277 g/mol. The molecule has 2 heterocycles. The first-order chi connectivity index (χ1) is 9.43. The van der Waals surface area contributed by atoms with E-state index in [1.54, 1.807) is 0 Å². The van der Waals surface area contributed by atoms with Crippen molar-refractivity contribution in [1.29, 1.82) is 0 Å². The fourth-order valence-electron chi connectivity index (χ4n) is 6.71. The minimum atomic E-state index is -0.635. The maximum atomic E-state index is 12.8. The summed E-state index contributed by atoms with van der Waals surface area (Å²) in [6.07, 6.45) is 6.75. The fraction of sp³-hybridized carbons (Fsp3) is 0.941. The molecular formula is C17H27NO2. The number of Topliss-reactive ketones (excluding diaryl/α,β-unsaturated/α-hetero) is 1. The number of ketones is 1. The van der Waals surface area contributed by atoms with Gasteiger partial charge >= 0.3 is 0 Å². The van der Waals surface area contributed by atoms with Crippen LogP contribution in [0.5, 0.6) is 0 Å². The zero-order valence-electron chi connectivity index (χ0n) is 12.8. The van der Waals surface area contributed by atoms with E-state index in [0.29, 0.717) is 18.1 Å². The van der Waals surface area contributed by atoms with Crippen LogP contribution < -0.4 is 0 Å². The van der Waals surface area contributed by atoms with Crippen LogP contribution in [0.1, 0.15) is 58.8 Å². The first kappa shape index (κ1) is 13.3. The molecule has 0 aromatic carbocycles. The number of hydrogen-bond donors (Lipinski definition) is 1. The van der Waals surface area contributed by atoms with Crippen LogP contribution in [0.4, 0.5) is 0 Å². The van der Waals surface area contributed by atoms with E-state index in [1.807, 2.05) is 0 Å². The number of piperidine rings is 2. The van der Waals surface area contributed by atoms with Crippen molar-refractivity contribution in [3.8, 4) is 0 Å². The molecule has 112 valence electrons. The van der Waals surface area contributed by atoms with Crippen molar-refractivity contribution in [1.82, 2.24) is 4.90 Å².